The maximum Gasteiger partial charge on any atom is 0.226 e. The van der Waals surface area contributed by atoms with Gasteiger partial charge in [-0.1, -0.05) is 0 Å². The molecule has 0 aromatic heterocycles. The second-order valence-electron chi connectivity index (χ2n) is 3.40. The maximum atomic E-state index is 9.11. The van der Waals surface area contributed by atoms with E-state index in [1.165, 1.54) is 6.92 Å². The highest BCUT2D eigenvalue weighted by Crippen LogP contribution is 2.17. The van der Waals surface area contributed by atoms with Crippen molar-refractivity contribution >= 4 is 0 Å². The van der Waals surface area contributed by atoms with Crippen molar-refractivity contribution in [3.63, 3.8) is 0 Å². The molecule has 0 radical (unpaired) electrons. The molecule has 0 heterocycles. The first-order valence-electron chi connectivity index (χ1n) is 3.90. The van der Waals surface area contributed by atoms with Crippen LogP contribution in [0.1, 0.15) is 20.8 Å². The van der Waals surface area contributed by atoms with Crippen molar-refractivity contribution in [3.05, 3.63) is 0 Å². The molecular weight excluding hydrogens is 178 g/mol. The highest BCUT2D eigenvalue weighted by Gasteiger charge is 2.39. The predicted molar refractivity (Wildman–Crippen MR) is 44.1 cm³/mol. The van der Waals surface area contributed by atoms with E-state index >= 15 is 0 Å². The van der Waals surface area contributed by atoms with E-state index in [1.54, 1.807) is 0 Å². The molecule has 0 amide bonds. The number of aliphatic hydroxyl groups excluding tert-OH is 1. The quantitative estimate of drug-likeness (QED) is 0.332. The average molecular weight is 195 g/mol. The third-order valence-corrected chi connectivity index (χ3v) is 1.47. The lowest BCUT2D eigenvalue weighted by atomic mass is 10.3. The van der Waals surface area contributed by atoms with E-state index in [-0.39, 0.29) is 6.54 Å². The average Bonchev–Trinajstić information content (AvgIpc) is 1.77. The van der Waals surface area contributed by atoms with Crippen molar-refractivity contribution in [1.29, 1.82) is 0 Å². The number of nitrogens with zero attached hydrogens (tertiary/aromatic N) is 1. The number of aliphatic hydroxyl groups is 5. The Morgan fingerprint density at radius 1 is 1.08 bits per heavy atom. The Hall–Kier alpha value is -0.240. The van der Waals surface area contributed by atoms with E-state index in [4.69, 9.17) is 25.5 Å². The summed E-state index contributed by atoms with van der Waals surface area (Å²) in [4.78, 5) is 0.546. The zero-order valence-electron chi connectivity index (χ0n) is 7.97. The van der Waals surface area contributed by atoms with Gasteiger partial charge >= 0.3 is 0 Å². The summed E-state index contributed by atoms with van der Waals surface area (Å²) < 4.78 is 0. The maximum absolute atomic E-state index is 9.11. The lowest BCUT2D eigenvalue weighted by Crippen LogP contribution is -2.60. The first kappa shape index (κ1) is 12.8. The number of hydrogen-bond acceptors (Lipinski definition) is 6. The lowest BCUT2D eigenvalue weighted by molar-refractivity contribution is -0.374. The summed E-state index contributed by atoms with van der Waals surface area (Å²) in [6, 6.07) is 0. The fourth-order valence-electron chi connectivity index (χ4n) is 1.01. The van der Waals surface area contributed by atoms with E-state index in [0.29, 0.717) is 4.90 Å². The van der Waals surface area contributed by atoms with Gasteiger partial charge in [-0.25, -0.2) is 0 Å². The van der Waals surface area contributed by atoms with Gasteiger partial charge in [0.1, 0.15) is 0 Å². The molecule has 6 heteroatoms. The summed E-state index contributed by atoms with van der Waals surface area (Å²) in [5.74, 6) is -4.79. The van der Waals surface area contributed by atoms with Gasteiger partial charge in [0.15, 0.2) is 0 Å². The highest BCUT2D eigenvalue weighted by molar-refractivity contribution is 4.71. The van der Waals surface area contributed by atoms with Crippen molar-refractivity contribution < 1.29 is 25.5 Å². The molecule has 0 bridgehead atoms. The summed E-state index contributed by atoms with van der Waals surface area (Å²) >= 11 is 0. The van der Waals surface area contributed by atoms with Crippen LogP contribution in [0.2, 0.25) is 0 Å². The highest BCUT2D eigenvalue weighted by atomic mass is 16.6. The van der Waals surface area contributed by atoms with Gasteiger partial charge in [0.05, 0.1) is 6.10 Å². The van der Waals surface area contributed by atoms with E-state index < -0.39 is 17.9 Å². The van der Waals surface area contributed by atoms with Crippen LogP contribution in [-0.4, -0.2) is 54.9 Å². The van der Waals surface area contributed by atoms with E-state index in [9.17, 15) is 0 Å². The lowest BCUT2D eigenvalue weighted by Gasteiger charge is -2.39. The molecule has 0 rings (SSSR count). The Morgan fingerprint density at radius 3 is 1.46 bits per heavy atom. The van der Waals surface area contributed by atoms with Crippen molar-refractivity contribution in [2.75, 3.05) is 6.54 Å². The number of rotatable bonds is 4. The van der Waals surface area contributed by atoms with Crippen LogP contribution >= 0.6 is 0 Å². The van der Waals surface area contributed by atoms with Gasteiger partial charge in [0.2, 0.25) is 11.8 Å². The predicted octanol–water partition coefficient (Wildman–Crippen LogP) is -2.01. The molecule has 0 saturated heterocycles. The van der Waals surface area contributed by atoms with Crippen LogP contribution in [0.4, 0.5) is 0 Å². The fourth-order valence-corrected chi connectivity index (χ4v) is 1.01. The van der Waals surface area contributed by atoms with Crippen molar-refractivity contribution in [2.45, 2.75) is 38.7 Å². The van der Waals surface area contributed by atoms with Gasteiger partial charge in [-0.2, -0.15) is 4.90 Å². The Kier molecular flexibility index (Phi) is 3.80. The topological polar surface area (TPSA) is 104 Å². The molecule has 5 N–H and O–H groups in total. The Labute approximate surface area is 76.7 Å². The summed E-state index contributed by atoms with van der Waals surface area (Å²) in [5, 5.41) is 45.4. The molecule has 0 fully saturated rings. The summed E-state index contributed by atoms with van der Waals surface area (Å²) in [5.41, 5.74) is 0. The molecule has 6 nitrogen and oxygen atoms in total. The summed E-state index contributed by atoms with van der Waals surface area (Å²) in [6.07, 6.45) is -0.905. The fraction of sp³-hybridized carbons (Fsp3) is 1.00. The van der Waals surface area contributed by atoms with Crippen molar-refractivity contribution in [1.82, 2.24) is 4.90 Å². The second-order valence-corrected chi connectivity index (χ2v) is 3.40. The van der Waals surface area contributed by atoms with Gasteiger partial charge in [0.25, 0.3) is 0 Å². The molecule has 0 aliphatic rings. The monoisotopic (exact) mass is 195 g/mol. The molecule has 80 valence electrons. The first-order valence-corrected chi connectivity index (χ1v) is 3.90. The van der Waals surface area contributed by atoms with E-state index in [2.05, 4.69) is 0 Å². The summed E-state index contributed by atoms with van der Waals surface area (Å²) in [6.45, 7) is 3.07. The minimum atomic E-state index is -2.39. The Morgan fingerprint density at radius 2 is 1.38 bits per heavy atom. The van der Waals surface area contributed by atoms with Crippen LogP contribution in [0.15, 0.2) is 0 Å². The molecule has 1 atom stereocenters. The van der Waals surface area contributed by atoms with Crippen LogP contribution in [0.5, 0.6) is 0 Å². The molecule has 0 saturated carbocycles. The van der Waals surface area contributed by atoms with E-state index in [1.807, 2.05) is 0 Å². The zero-order valence-corrected chi connectivity index (χ0v) is 7.97. The molecule has 13 heavy (non-hydrogen) atoms. The van der Waals surface area contributed by atoms with Crippen molar-refractivity contribution in [3.8, 4) is 0 Å². The standard InChI is InChI=1S/C7H17NO5/c1-5(9)4-8(6(2,10)11)7(3,12)13/h5,9-13H,4H2,1-3H3. The van der Waals surface area contributed by atoms with Gasteiger partial charge in [0, 0.05) is 20.4 Å². The van der Waals surface area contributed by atoms with Crippen LogP contribution in [0, 0.1) is 0 Å². The molecule has 0 aliphatic carbocycles. The van der Waals surface area contributed by atoms with Crippen LogP contribution < -0.4 is 0 Å². The van der Waals surface area contributed by atoms with E-state index in [0.717, 1.165) is 13.8 Å². The third kappa shape index (κ3) is 4.51. The Bertz CT molecular complexity index is 143. The van der Waals surface area contributed by atoms with Crippen LogP contribution in [0.3, 0.4) is 0 Å². The molecule has 0 aliphatic heterocycles. The molecule has 0 aromatic rings. The van der Waals surface area contributed by atoms with Crippen molar-refractivity contribution in [2.24, 2.45) is 0 Å². The molecular formula is C7H17NO5. The molecule has 0 spiro atoms. The molecule has 0 aromatic carbocycles. The normalized spacial score (nSPS) is 16.4. The largest absolute Gasteiger partial charge is 0.392 e. The second kappa shape index (κ2) is 3.87. The smallest absolute Gasteiger partial charge is 0.226 e. The summed E-state index contributed by atoms with van der Waals surface area (Å²) in [7, 11) is 0. The minimum Gasteiger partial charge on any atom is -0.392 e. The Balaban J connectivity index is 4.58. The number of hydrogen-bond donors (Lipinski definition) is 5. The SMILES string of the molecule is CC(O)CN(C(C)(O)O)C(C)(O)O. The van der Waals surface area contributed by atoms with Crippen LogP contribution in [0.25, 0.3) is 0 Å². The minimum absolute atomic E-state index is 0.271. The van der Waals surface area contributed by atoms with Crippen LogP contribution in [-0.2, 0) is 0 Å². The third-order valence-electron chi connectivity index (χ3n) is 1.47. The van der Waals surface area contributed by atoms with Gasteiger partial charge < -0.3 is 25.5 Å². The molecule has 1 unspecified atom stereocenters. The van der Waals surface area contributed by atoms with Gasteiger partial charge in [-0.3, -0.25) is 0 Å². The first-order chi connectivity index (χ1) is 5.55. The zero-order chi connectivity index (χ0) is 10.9. The van der Waals surface area contributed by atoms with Gasteiger partial charge in [-0.15, -0.1) is 0 Å². The van der Waals surface area contributed by atoms with Gasteiger partial charge in [-0.05, 0) is 6.92 Å².